The number of hydrogen-bond donors (Lipinski definition) is 2. The van der Waals surface area contributed by atoms with Crippen molar-refractivity contribution in [3.05, 3.63) is 59.7 Å². The molecule has 0 spiro atoms. The van der Waals surface area contributed by atoms with E-state index >= 15 is 0 Å². The lowest BCUT2D eigenvalue weighted by molar-refractivity contribution is -0.140. The minimum absolute atomic E-state index is 0.266. The predicted molar refractivity (Wildman–Crippen MR) is 155 cm³/mol. The van der Waals surface area contributed by atoms with Crippen LogP contribution in [-0.2, 0) is 20.7 Å². The monoisotopic (exact) mass is 539 g/mol. The SMILES string of the molecule is CCc1ccc(C(C(=O)Nc2ccc(OC)cc2)N(C(=O)CNC(=O)OC(C)(C)C)C(C)CCC(C)C)cc1. The minimum atomic E-state index is -0.909. The van der Waals surface area contributed by atoms with Crippen LogP contribution < -0.4 is 15.4 Å². The van der Waals surface area contributed by atoms with Crippen LogP contribution >= 0.6 is 0 Å². The summed E-state index contributed by atoms with van der Waals surface area (Å²) in [6, 6.07) is 13.6. The van der Waals surface area contributed by atoms with Gasteiger partial charge in [-0.25, -0.2) is 4.79 Å². The van der Waals surface area contributed by atoms with Gasteiger partial charge in [-0.1, -0.05) is 45.0 Å². The first kappa shape index (κ1) is 31.7. The molecule has 2 aromatic carbocycles. The molecule has 0 fully saturated rings. The Bertz CT molecular complexity index is 1070. The number of methoxy groups -OCH3 is 1. The largest absolute Gasteiger partial charge is 0.497 e. The molecule has 2 atom stereocenters. The van der Waals surface area contributed by atoms with Gasteiger partial charge >= 0.3 is 6.09 Å². The van der Waals surface area contributed by atoms with Gasteiger partial charge in [-0.05, 0) is 88.3 Å². The summed E-state index contributed by atoms with van der Waals surface area (Å²) < 4.78 is 10.5. The number of nitrogens with one attached hydrogen (secondary N) is 2. The number of amides is 3. The molecular formula is C31H45N3O5. The summed E-state index contributed by atoms with van der Waals surface area (Å²) in [6.07, 6.45) is 1.76. The molecule has 214 valence electrons. The summed E-state index contributed by atoms with van der Waals surface area (Å²) >= 11 is 0. The van der Waals surface area contributed by atoms with E-state index in [9.17, 15) is 14.4 Å². The van der Waals surface area contributed by atoms with Gasteiger partial charge in [0.1, 0.15) is 23.9 Å². The van der Waals surface area contributed by atoms with Crippen LogP contribution in [0.15, 0.2) is 48.5 Å². The van der Waals surface area contributed by atoms with E-state index in [1.807, 2.05) is 31.2 Å². The fraction of sp³-hybridized carbons (Fsp3) is 0.516. The smallest absolute Gasteiger partial charge is 0.408 e. The van der Waals surface area contributed by atoms with E-state index in [0.717, 1.165) is 18.4 Å². The van der Waals surface area contributed by atoms with Crippen molar-refractivity contribution in [2.75, 3.05) is 19.0 Å². The molecule has 2 unspecified atom stereocenters. The Balaban J connectivity index is 2.45. The third-order valence-electron chi connectivity index (χ3n) is 6.30. The lowest BCUT2D eigenvalue weighted by Gasteiger charge is -2.36. The third kappa shape index (κ3) is 10.3. The highest BCUT2D eigenvalue weighted by Gasteiger charge is 2.35. The molecular weight excluding hydrogens is 494 g/mol. The summed E-state index contributed by atoms with van der Waals surface area (Å²) in [5, 5.41) is 5.54. The quantitative estimate of drug-likeness (QED) is 0.339. The molecule has 0 radical (unpaired) electrons. The lowest BCUT2D eigenvalue weighted by Crippen LogP contribution is -2.50. The Morgan fingerprint density at radius 1 is 0.923 bits per heavy atom. The van der Waals surface area contributed by atoms with Crippen molar-refractivity contribution >= 4 is 23.6 Å². The summed E-state index contributed by atoms with van der Waals surface area (Å²) in [6.45, 7) is 13.2. The fourth-order valence-corrected chi connectivity index (χ4v) is 4.17. The van der Waals surface area contributed by atoms with Gasteiger partial charge in [0.25, 0.3) is 5.91 Å². The molecule has 0 saturated carbocycles. The van der Waals surface area contributed by atoms with Crippen LogP contribution in [-0.4, -0.2) is 48.1 Å². The van der Waals surface area contributed by atoms with Gasteiger partial charge in [-0.3, -0.25) is 9.59 Å². The number of rotatable bonds is 12. The number of ether oxygens (including phenoxy) is 2. The van der Waals surface area contributed by atoms with Gasteiger partial charge in [0.15, 0.2) is 0 Å². The summed E-state index contributed by atoms with van der Waals surface area (Å²) in [7, 11) is 1.58. The summed E-state index contributed by atoms with van der Waals surface area (Å²) in [5.41, 5.74) is 1.72. The Morgan fingerprint density at radius 3 is 2.05 bits per heavy atom. The number of carbonyl (C=O) groups excluding carboxylic acids is 3. The Kier molecular flexibility index (Phi) is 11.8. The number of carbonyl (C=O) groups is 3. The van der Waals surface area contributed by atoms with Crippen molar-refractivity contribution in [3.63, 3.8) is 0 Å². The average molecular weight is 540 g/mol. The van der Waals surface area contributed by atoms with Crippen LogP contribution in [0.1, 0.15) is 78.5 Å². The van der Waals surface area contributed by atoms with Crippen molar-refractivity contribution < 1.29 is 23.9 Å². The van der Waals surface area contributed by atoms with Crippen molar-refractivity contribution in [1.29, 1.82) is 0 Å². The molecule has 2 aromatic rings. The highest BCUT2D eigenvalue weighted by molar-refractivity contribution is 5.98. The van der Waals surface area contributed by atoms with Crippen molar-refractivity contribution in [3.8, 4) is 5.75 Å². The predicted octanol–water partition coefficient (Wildman–Crippen LogP) is 6.12. The van der Waals surface area contributed by atoms with E-state index in [-0.39, 0.29) is 24.4 Å². The van der Waals surface area contributed by atoms with E-state index in [0.29, 0.717) is 29.3 Å². The van der Waals surface area contributed by atoms with Crippen LogP contribution in [0.2, 0.25) is 0 Å². The molecule has 0 heterocycles. The molecule has 8 heteroatoms. The maximum Gasteiger partial charge on any atom is 0.408 e. The topological polar surface area (TPSA) is 97.0 Å². The molecule has 0 aliphatic carbocycles. The first-order valence-electron chi connectivity index (χ1n) is 13.7. The van der Waals surface area contributed by atoms with Crippen LogP contribution in [0.4, 0.5) is 10.5 Å². The zero-order valence-corrected chi connectivity index (χ0v) is 24.7. The van der Waals surface area contributed by atoms with Gasteiger partial charge in [-0.2, -0.15) is 0 Å². The second-order valence-electron chi connectivity index (χ2n) is 11.2. The second kappa shape index (κ2) is 14.6. The first-order valence-corrected chi connectivity index (χ1v) is 13.7. The van der Waals surface area contributed by atoms with Crippen LogP contribution in [0.3, 0.4) is 0 Å². The summed E-state index contributed by atoms with van der Waals surface area (Å²) in [5.74, 6) is 0.393. The maximum atomic E-state index is 13.9. The maximum absolute atomic E-state index is 13.9. The molecule has 0 aliphatic heterocycles. The lowest BCUT2D eigenvalue weighted by atomic mass is 9.97. The van der Waals surface area contributed by atoms with Crippen LogP contribution in [0, 0.1) is 5.92 Å². The number of anilines is 1. The zero-order chi connectivity index (χ0) is 29.2. The Labute approximate surface area is 233 Å². The minimum Gasteiger partial charge on any atom is -0.497 e. The first-order chi connectivity index (χ1) is 18.3. The molecule has 3 amide bonds. The van der Waals surface area contributed by atoms with E-state index in [1.54, 1.807) is 57.0 Å². The fourth-order valence-electron chi connectivity index (χ4n) is 4.17. The highest BCUT2D eigenvalue weighted by Crippen LogP contribution is 2.28. The van der Waals surface area contributed by atoms with Gasteiger partial charge in [0, 0.05) is 11.7 Å². The number of alkyl carbamates (subject to hydrolysis) is 1. The number of aryl methyl sites for hydroxylation is 1. The molecule has 0 saturated heterocycles. The molecule has 0 aliphatic rings. The van der Waals surface area contributed by atoms with E-state index in [1.165, 1.54) is 0 Å². The standard InChI is InChI=1S/C31H45N3O5/c1-9-23-12-14-24(15-13-23)28(29(36)33-25-16-18-26(38-8)19-17-25)34(22(4)11-10-21(2)3)27(35)20-32-30(37)39-31(5,6)7/h12-19,21-22,28H,9-11,20H2,1-8H3,(H,32,37)(H,33,36). The summed E-state index contributed by atoms with van der Waals surface area (Å²) in [4.78, 5) is 41.5. The van der Waals surface area contributed by atoms with Crippen LogP contribution in [0.5, 0.6) is 5.75 Å². The Morgan fingerprint density at radius 2 is 1.54 bits per heavy atom. The molecule has 0 aromatic heterocycles. The van der Waals surface area contributed by atoms with E-state index in [2.05, 4.69) is 31.4 Å². The van der Waals surface area contributed by atoms with Crippen molar-refractivity contribution in [1.82, 2.24) is 10.2 Å². The Hall–Kier alpha value is -3.55. The highest BCUT2D eigenvalue weighted by atomic mass is 16.6. The molecule has 8 nitrogen and oxygen atoms in total. The molecule has 39 heavy (non-hydrogen) atoms. The number of benzene rings is 2. The van der Waals surface area contributed by atoms with Gasteiger partial charge in [0.2, 0.25) is 5.91 Å². The van der Waals surface area contributed by atoms with Gasteiger partial charge in [0.05, 0.1) is 7.11 Å². The number of hydrogen-bond acceptors (Lipinski definition) is 5. The normalized spacial score (nSPS) is 12.8. The molecule has 2 N–H and O–H groups in total. The van der Waals surface area contributed by atoms with Gasteiger partial charge in [-0.15, -0.1) is 0 Å². The zero-order valence-electron chi connectivity index (χ0n) is 24.7. The molecule has 0 bridgehead atoms. The second-order valence-corrected chi connectivity index (χ2v) is 11.2. The van der Waals surface area contributed by atoms with E-state index in [4.69, 9.17) is 9.47 Å². The third-order valence-corrected chi connectivity index (χ3v) is 6.30. The van der Waals surface area contributed by atoms with E-state index < -0.39 is 17.7 Å². The average Bonchev–Trinajstić information content (AvgIpc) is 2.88. The van der Waals surface area contributed by atoms with Crippen molar-refractivity contribution in [2.24, 2.45) is 5.92 Å². The molecule has 2 rings (SSSR count). The van der Waals surface area contributed by atoms with Gasteiger partial charge < -0.3 is 25.0 Å². The number of nitrogens with zero attached hydrogens (tertiary/aromatic N) is 1. The van der Waals surface area contributed by atoms with Crippen molar-refractivity contribution in [2.45, 2.75) is 85.4 Å². The van der Waals surface area contributed by atoms with Crippen LogP contribution in [0.25, 0.3) is 0 Å².